The van der Waals surface area contributed by atoms with E-state index in [0.29, 0.717) is 29.7 Å². The quantitative estimate of drug-likeness (QED) is 0.286. The van der Waals surface area contributed by atoms with Crippen molar-refractivity contribution in [3.05, 3.63) is 59.7 Å². The largest absolute Gasteiger partial charge is 0.491 e. The minimum Gasteiger partial charge on any atom is -0.491 e. The molecule has 0 saturated heterocycles. The van der Waals surface area contributed by atoms with Crippen molar-refractivity contribution < 1.29 is 42.0 Å². The molecule has 0 unspecified atom stereocenters. The van der Waals surface area contributed by atoms with Gasteiger partial charge in [-0.2, -0.15) is 18.2 Å². The Morgan fingerprint density at radius 3 is 2.59 bits per heavy atom. The van der Waals surface area contributed by atoms with Gasteiger partial charge in [-0.25, -0.2) is 0 Å². The molecular formula is C28H25F3N4O6. The molecule has 1 aliphatic heterocycles. The topological polar surface area (TPSA) is 144 Å². The fraction of sp³-hybridized carbons (Fsp3) is 0.357. The van der Waals surface area contributed by atoms with Crippen molar-refractivity contribution in [2.75, 3.05) is 6.61 Å². The van der Waals surface area contributed by atoms with Crippen molar-refractivity contribution in [1.82, 2.24) is 20.6 Å². The van der Waals surface area contributed by atoms with E-state index in [1.165, 1.54) is 12.1 Å². The average molecular weight is 571 g/mol. The molecule has 2 aliphatic rings. The number of rotatable bonds is 6. The second-order valence-corrected chi connectivity index (χ2v) is 10.2. The molecular weight excluding hydrogens is 545 g/mol. The van der Waals surface area contributed by atoms with E-state index < -0.39 is 47.4 Å². The Morgan fingerprint density at radius 1 is 1.02 bits per heavy atom. The fourth-order valence-electron chi connectivity index (χ4n) is 5.46. The van der Waals surface area contributed by atoms with E-state index in [-0.39, 0.29) is 29.7 Å². The number of ether oxygens (including phenoxy) is 1. The highest BCUT2D eigenvalue weighted by atomic mass is 19.4. The van der Waals surface area contributed by atoms with E-state index in [1.807, 2.05) is 0 Å². The van der Waals surface area contributed by atoms with E-state index in [4.69, 9.17) is 13.8 Å². The first-order chi connectivity index (χ1) is 19.7. The molecule has 3 N–H and O–H groups in total. The van der Waals surface area contributed by atoms with Crippen LogP contribution < -0.4 is 10.1 Å². The maximum atomic E-state index is 14.0. The maximum absolute atomic E-state index is 14.0. The number of carboxylic acid groups (broad SMARTS) is 1. The normalized spacial score (nSPS) is 22.6. The third-order valence-corrected chi connectivity index (χ3v) is 7.51. The van der Waals surface area contributed by atoms with Gasteiger partial charge in [0.25, 0.3) is 5.89 Å². The van der Waals surface area contributed by atoms with Crippen LogP contribution in [-0.2, 0) is 11.0 Å². The number of alkyl halides is 3. The summed E-state index contributed by atoms with van der Waals surface area (Å²) in [6.45, 7) is 0.138. The number of hydrogen-bond donors (Lipinski definition) is 3. The lowest BCUT2D eigenvalue weighted by atomic mass is 9.85. The van der Waals surface area contributed by atoms with Gasteiger partial charge in [-0.15, -0.1) is 0 Å². The predicted molar refractivity (Wildman–Crippen MR) is 136 cm³/mol. The number of fused-ring (bicyclic) bond motifs is 1. The van der Waals surface area contributed by atoms with E-state index in [2.05, 4.69) is 20.6 Å². The van der Waals surface area contributed by atoms with Gasteiger partial charge in [-0.1, -0.05) is 59.2 Å². The van der Waals surface area contributed by atoms with Gasteiger partial charge in [0, 0.05) is 22.7 Å². The summed E-state index contributed by atoms with van der Waals surface area (Å²) in [6.07, 6.45) is -2.99. The third-order valence-electron chi connectivity index (χ3n) is 7.51. The smallest absolute Gasteiger partial charge is 0.422 e. The Balaban J connectivity index is 1.22. The molecule has 0 spiro atoms. The molecule has 3 heterocycles. The Bertz CT molecular complexity index is 1550. The van der Waals surface area contributed by atoms with Crippen LogP contribution >= 0.6 is 0 Å². The summed E-state index contributed by atoms with van der Waals surface area (Å²) in [4.78, 5) is 15.5. The first-order valence-corrected chi connectivity index (χ1v) is 13.1. The van der Waals surface area contributed by atoms with Crippen LogP contribution in [0.2, 0.25) is 0 Å². The fourth-order valence-corrected chi connectivity index (χ4v) is 5.46. The molecule has 214 valence electrons. The Hall–Kier alpha value is -4.23. The van der Waals surface area contributed by atoms with Gasteiger partial charge in [-0.3, -0.25) is 4.79 Å². The highest BCUT2D eigenvalue weighted by molar-refractivity contribution is 5.71. The van der Waals surface area contributed by atoms with Crippen LogP contribution in [0.3, 0.4) is 0 Å². The van der Waals surface area contributed by atoms with Crippen LogP contribution in [0.4, 0.5) is 13.2 Å². The van der Waals surface area contributed by atoms with Crippen molar-refractivity contribution in [1.29, 1.82) is 0 Å². The zero-order valence-electron chi connectivity index (χ0n) is 21.5. The Kier molecular flexibility index (Phi) is 6.99. The molecule has 4 aromatic rings. The molecule has 0 bridgehead atoms. The van der Waals surface area contributed by atoms with E-state index >= 15 is 0 Å². The van der Waals surface area contributed by atoms with Gasteiger partial charge in [0.1, 0.15) is 29.7 Å². The summed E-state index contributed by atoms with van der Waals surface area (Å²) in [6, 6.07) is 12.1. The lowest BCUT2D eigenvalue weighted by Gasteiger charge is -2.36. The van der Waals surface area contributed by atoms with Crippen molar-refractivity contribution >= 4 is 5.97 Å². The number of halogens is 3. The second-order valence-electron chi connectivity index (χ2n) is 10.2. The third kappa shape index (κ3) is 5.30. The average Bonchev–Trinajstić information content (AvgIpc) is 3.63. The number of aromatic nitrogens is 3. The van der Waals surface area contributed by atoms with Crippen LogP contribution in [0.25, 0.3) is 34.3 Å². The lowest BCUT2D eigenvalue weighted by Crippen LogP contribution is -2.49. The Labute approximate surface area is 231 Å². The summed E-state index contributed by atoms with van der Waals surface area (Å²) >= 11 is 0. The number of nitrogens with one attached hydrogen (secondary N) is 1. The van der Waals surface area contributed by atoms with Crippen molar-refractivity contribution in [2.24, 2.45) is 5.92 Å². The summed E-state index contributed by atoms with van der Waals surface area (Å²) in [5, 5.41) is 31.2. The monoisotopic (exact) mass is 570 g/mol. The number of hydrogen-bond acceptors (Lipinski definition) is 9. The molecule has 6 rings (SSSR count). The SMILES string of the molecule is O=C(O)[C@H]1CCC[C@@H](N[C@@H]2COc3cc(-c4noc(-c5onc(-c6ccccc6)c5C(F)(F)F)n4)ccc3[C@H]2O)C1. The molecule has 1 fully saturated rings. The number of nitrogens with zero attached hydrogens (tertiary/aromatic N) is 3. The number of aliphatic carboxylic acids is 1. The molecule has 2 aromatic heterocycles. The van der Waals surface area contributed by atoms with Gasteiger partial charge in [0.15, 0.2) is 0 Å². The van der Waals surface area contributed by atoms with Crippen molar-refractivity contribution in [3.63, 3.8) is 0 Å². The first kappa shape index (κ1) is 27.0. The lowest BCUT2D eigenvalue weighted by molar-refractivity contribution is -0.143. The molecule has 10 nitrogen and oxygen atoms in total. The number of aliphatic hydroxyl groups excluding tert-OH is 1. The molecule has 1 saturated carbocycles. The van der Waals surface area contributed by atoms with Gasteiger partial charge in [0.2, 0.25) is 11.6 Å². The van der Waals surface area contributed by atoms with Crippen LogP contribution in [0, 0.1) is 5.92 Å². The van der Waals surface area contributed by atoms with Crippen molar-refractivity contribution in [2.45, 2.75) is 50.0 Å². The summed E-state index contributed by atoms with van der Waals surface area (Å²) in [5.41, 5.74) is -0.391. The minimum absolute atomic E-state index is 0.00570. The summed E-state index contributed by atoms with van der Waals surface area (Å²) in [5.74, 6) is -2.04. The highest BCUT2D eigenvalue weighted by Gasteiger charge is 2.43. The number of benzene rings is 2. The summed E-state index contributed by atoms with van der Waals surface area (Å²) in [7, 11) is 0. The van der Waals surface area contributed by atoms with E-state index in [9.17, 15) is 28.2 Å². The van der Waals surface area contributed by atoms with E-state index in [0.717, 1.165) is 12.8 Å². The molecule has 41 heavy (non-hydrogen) atoms. The predicted octanol–water partition coefficient (Wildman–Crippen LogP) is 5.10. The maximum Gasteiger partial charge on any atom is 0.422 e. The number of carbonyl (C=O) groups is 1. The number of carboxylic acids is 1. The van der Waals surface area contributed by atoms with Crippen LogP contribution in [0.1, 0.15) is 42.9 Å². The second kappa shape index (κ2) is 10.6. The Morgan fingerprint density at radius 2 is 1.83 bits per heavy atom. The molecule has 2 aromatic carbocycles. The van der Waals surface area contributed by atoms with Gasteiger partial charge in [-0.05, 0) is 25.3 Å². The minimum atomic E-state index is -4.80. The first-order valence-electron chi connectivity index (χ1n) is 13.1. The summed E-state index contributed by atoms with van der Waals surface area (Å²) < 4.78 is 58.2. The highest BCUT2D eigenvalue weighted by Crippen LogP contribution is 2.43. The van der Waals surface area contributed by atoms with Crippen LogP contribution in [0.5, 0.6) is 5.75 Å². The van der Waals surface area contributed by atoms with Crippen LogP contribution in [-0.4, -0.2) is 50.2 Å². The molecule has 13 heteroatoms. The van der Waals surface area contributed by atoms with Gasteiger partial charge in [0.05, 0.1) is 12.0 Å². The van der Waals surface area contributed by atoms with Crippen molar-refractivity contribution in [3.8, 4) is 40.0 Å². The van der Waals surface area contributed by atoms with E-state index in [1.54, 1.807) is 36.4 Å². The van der Waals surface area contributed by atoms with Crippen LogP contribution in [0.15, 0.2) is 57.6 Å². The van der Waals surface area contributed by atoms with Gasteiger partial charge >= 0.3 is 12.1 Å². The molecule has 0 radical (unpaired) electrons. The molecule has 1 aliphatic carbocycles. The zero-order valence-corrected chi connectivity index (χ0v) is 21.5. The number of aliphatic hydroxyl groups is 1. The van der Waals surface area contributed by atoms with Gasteiger partial charge < -0.3 is 29.3 Å². The molecule has 0 amide bonds. The standard InChI is InChI=1S/C28H25F3N4O6/c29-28(30,31)21-22(14-5-2-1-3-6-14)34-40-24(21)26-33-25(35-41-26)15-9-10-18-20(12-15)39-13-19(23(18)36)32-17-8-4-7-16(11-17)27(37)38/h1-3,5-6,9-10,12,16-17,19,23,32,36H,4,7-8,11,13H2,(H,37,38)/t16-,17+,19+,23+/m0/s1. The molecule has 4 atom stereocenters. The zero-order chi connectivity index (χ0) is 28.7.